The molecule has 0 unspecified atom stereocenters. The quantitative estimate of drug-likeness (QED) is 0.528. The maximum absolute atomic E-state index is 14.5. The second-order valence-electron chi connectivity index (χ2n) is 6.42. The van der Waals surface area contributed by atoms with Gasteiger partial charge in [-0.25, -0.2) is 13.8 Å². The summed E-state index contributed by atoms with van der Waals surface area (Å²) < 4.78 is 30.8. The topological polar surface area (TPSA) is 43.6 Å². The van der Waals surface area contributed by atoms with E-state index in [9.17, 15) is 8.78 Å². The van der Waals surface area contributed by atoms with Crippen molar-refractivity contribution in [1.82, 2.24) is 19.5 Å². The highest BCUT2D eigenvalue weighted by molar-refractivity contribution is 5.74. The normalized spacial score (nSPS) is 11.3. The Balaban J connectivity index is 1.76. The average Bonchev–Trinajstić information content (AvgIpc) is 3.02. The molecular weight excluding hydrogens is 346 g/mol. The van der Waals surface area contributed by atoms with Gasteiger partial charge in [-0.15, -0.1) is 0 Å². The third-order valence-electron chi connectivity index (χ3n) is 4.67. The molecule has 4 nitrogen and oxygen atoms in total. The van der Waals surface area contributed by atoms with Crippen LogP contribution in [0.25, 0.3) is 22.3 Å². The van der Waals surface area contributed by atoms with Crippen LogP contribution < -0.4 is 0 Å². The molecule has 0 aliphatic rings. The van der Waals surface area contributed by atoms with Crippen LogP contribution in [0, 0.1) is 18.6 Å². The van der Waals surface area contributed by atoms with E-state index in [2.05, 4.69) is 26.4 Å². The van der Waals surface area contributed by atoms with E-state index in [-0.39, 0.29) is 11.3 Å². The number of rotatable bonds is 4. The van der Waals surface area contributed by atoms with Gasteiger partial charge in [0.25, 0.3) is 0 Å². The Morgan fingerprint density at radius 1 is 1.07 bits per heavy atom. The minimum Gasteiger partial charge on any atom is -0.328 e. The van der Waals surface area contributed by atoms with E-state index in [1.807, 2.05) is 12.1 Å². The SMILES string of the molecule is CCn1c(Cc2ccnc(-c3c(F)ccc(C)c3F)c2)nc2cnccc21. The number of aryl methyl sites for hydroxylation is 2. The van der Waals surface area contributed by atoms with Crippen molar-refractivity contribution in [2.75, 3.05) is 0 Å². The summed E-state index contributed by atoms with van der Waals surface area (Å²) in [7, 11) is 0. The van der Waals surface area contributed by atoms with E-state index < -0.39 is 11.6 Å². The number of hydrogen-bond donors (Lipinski definition) is 0. The molecule has 0 fully saturated rings. The molecule has 6 heteroatoms. The highest BCUT2D eigenvalue weighted by Gasteiger charge is 2.16. The van der Waals surface area contributed by atoms with Crippen molar-refractivity contribution in [3.05, 3.63) is 77.5 Å². The Morgan fingerprint density at radius 2 is 1.93 bits per heavy atom. The molecule has 4 aromatic rings. The minimum absolute atomic E-state index is 0.0926. The Bertz CT molecular complexity index is 1130. The summed E-state index contributed by atoms with van der Waals surface area (Å²) in [5, 5.41) is 0. The maximum atomic E-state index is 14.5. The molecule has 3 aromatic heterocycles. The molecule has 0 spiro atoms. The van der Waals surface area contributed by atoms with Crippen LogP contribution in [0.1, 0.15) is 23.9 Å². The van der Waals surface area contributed by atoms with Gasteiger partial charge < -0.3 is 4.57 Å². The third kappa shape index (κ3) is 3.07. The standard InChI is InChI=1S/C21H18F2N4/c1-3-27-18-7-8-24-12-17(18)26-19(27)11-14-6-9-25-16(10-14)20-15(22)5-4-13(2)21(20)23/h4-10,12H,3,11H2,1-2H3. The first-order valence-electron chi connectivity index (χ1n) is 8.77. The molecule has 4 rings (SSSR count). The molecule has 0 radical (unpaired) electrons. The molecule has 3 heterocycles. The first-order valence-corrected chi connectivity index (χ1v) is 8.77. The van der Waals surface area contributed by atoms with Crippen LogP contribution in [-0.4, -0.2) is 19.5 Å². The van der Waals surface area contributed by atoms with Gasteiger partial charge in [0.05, 0.1) is 23.0 Å². The van der Waals surface area contributed by atoms with E-state index in [1.165, 1.54) is 12.1 Å². The summed E-state index contributed by atoms with van der Waals surface area (Å²) in [4.78, 5) is 13.0. The zero-order valence-electron chi connectivity index (χ0n) is 15.1. The number of halogens is 2. The fourth-order valence-corrected chi connectivity index (χ4v) is 3.31. The minimum atomic E-state index is -0.616. The van der Waals surface area contributed by atoms with E-state index in [1.54, 1.807) is 31.6 Å². The molecule has 27 heavy (non-hydrogen) atoms. The first kappa shape index (κ1) is 17.3. The van der Waals surface area contributed by atoms with Crippen molar-refractivity contribution >= 4 is 11.0 Å². The Labute approximate surface area is 155 Å². The van der Waals surface area contributed by atoms with Crippen molar-refractivity contribution < 1.29 is 8.78 Å². The lowest BCUT2D eigenvalue weighted by Gasteiger charge is -2.09. The van der Waals surface area contributed by atoms with Gasteiger partial charge in [0.1, 0.15) is 23.0 Å². The summed E-state index contributed by atoms with van der Waals surface area (Å²) in [5.74, 6) is -0.316. The number of pyridine rings is 2. The molecule has 0 atom stereocenters. The summed E-state index contributed by atoms with van der Waals surface area (Å²) in [6.45, 7) is 4.44. The number of hydrogen-bond acceptors (Lipinski definition) is 3. The predicted octanol–water partition coefficient (Wildman–Crippen LogP) is 4.69. The molecule has 0 saturated heterocycles. The first-order chi connectivity index (χ1) is 13.1. The zero-order valence-corrected chi connectivity index (χ0v) is 15.1. The summed E-state index contributed by atoms with van der Waals surface area (Å²) >= 11 is 0. The van der Waals surface area contributed by atoms with E-state index in [4.69, 9.17) is 0 Å². The smallest absolute Gasteiger partial charge is 0.138 e. The van der Waals surface area contributed by atoms with Crippen LogP contribution in [0.2, 0.25) is 0 Å². The van der Waals surface area contributed by atoms with Gasteiger partial charge in [-0.05, 0) is 49.2 Å². The predicted molar refractivity (Wildman–Crippen MR) is 100 cm³/mol. The van der Waals surface area contributed by atoms with Gasteiger partial charge in [0.2, 0.25) is 0 Å². The van der Waals surface area contributed by atoms with Crippen LogP contribution in [0.15, 0.2) is 48.9 Å². The zero-order chi connectivity index (χ0) is 19.0. The Hall–Kier alpha value is -3.15. The largest absolute Gasteiger partial charge is 0.328 e. The number of fused-ring (bicyclic) bond motifs is 1. The molecule has 0 bridgehead atoms. The molecule has 0 N–H and O–H groups in total. The lowest BCUT2D eigenvalue weighted by Crippen LogP contribution is -2.03. The highest BCUT2D eigenvalue weighted by atomic mass is 19.1. The van der Waals surface area contributed by atoms with E-state index in [0.717, 1.165) is 29.0 Å². The molecule has 0 aliphatic heterocycles. The van der Waals surface area contributed by atoms with Crippen LogP contribution >= 0.6 is 0 Å². The highest BCUT2D eigenvalue weighted by Crippen LogP contribution is 2.27. The van der Waals surface area contributed by atoms with Crippen LogP contribution in [0.4, 0.5) is 8.78 Å². The number of benzene rings is 1. The van der Waals surface area contributed by atoms with Crippen molar-refractivity contribution in [3.63, 3.8) is 0 Å². The van der Waals surface area contributed by atoms with Crippen LogP contribution in [-0.2, 0) is 13.0 Å². The third-order valence-corrected chi connectivity index (χ3v) is 4.67. The summed E-state index contributed by atoms with van der Waals surface area (Å²) in [6.07, 6.45) is 5.59. The summed E-state index contributed by atoms with van der Waals surface area (Å²) in [6, 6.07) is 8.19. The number of nitrogens with zero attached hydrogens (tertiary/aromatic N) is 4. The van der Waals surface area contributed by atoms with Gasteiger partial charge in [0, 0.05) is 25.4 Å². The van der Waals surface area contributed by atoms with Crippen molar-refractivity contribution in [2.45, 2.75) is 26.8 Å². The van der Waals surface area contributed by atoms with Crippen molar-refractivity contribution in [3.8, 4) is 11.3 Å². The molecular formula is C21H18F2N4. The van der Waals surface area contributed by atoms with Gasteiger partial charge in [-0.2, -0.15) is 0 Å². The van der Waals surface area contributed by atoms with Gasteiger partial charge in [-0.3, -0.25) is 9.97 Å². The fraction of sp³-hybridized carbons (Fsp3) is 0.190. The lowest BCUT2D eigenvalue weighted by atomic mass is 10.0. The van der Waals surface area contributed by atoms with Gasteiger partial charge in [0.15, 0.2) is 0 Å². The van der Waals surface area contributed by atoms with E-state index >= 15 is 0 Å². The van der Waals surface area contributed by atoms with E-state index in [0.29, 0.717) is 12.0 Å². The van der Waals surface area contributed by atoms with Crippen molar-refractivity contribution in [1.29, 1.82) is 0 Å². The van der Waals surface area contributed by atoms with Crippen molar-refractivity contribution in [2.24, 2.45) is 0 Å². The number of aromatic nitrogens is 4. The second-order valence-corrected chi connectivity index (χ2v) is 6.42. The average molecular weight is 364 g/mol. The van der Waals surface area contributed by atoms with Gasteiger partial charge >= 0.3 is 0 Å². The molecule has 0 aliphatic carbocycles. The monoisotopic (exact) mass is 364 g/mol. The molecule has 1 aromatic carbocycles. The second kappa shape index (κ2) is 6.87. The maximum Gasteiger partial charge on any atom is 0.138 e. The number of imidazole rings is 1. The molecule has 0 saturated carbocycles. The Morgan fingerprint density at radius 3 is 2.74 bits per heavy atom. The molecule has 136 valence electrons. The Kier molecular flexibility index (Phi) is 4.39. The summed E-state index contributed by atoms with van der Waals surface area (Å²) in [5.41, 5.74) is 3.32. The lowest BCUT2D eigenvalue weighted by molar-refractivity contribution is 0.583. The van der Waals surface area contributed by atoms with Crippen LogP contribution in [0.5, 0.6) is 0 Å². The van der Waals surface area contributed by atoms with Crippen LogP contribution in [0.3, 0.4) is 0 Å². The fourth-order valence-electron chi connectivity index (χ4n) is 3.31. The van der Waals surface area contributed by atoms with Gasteiger partial charge in [-0.1, -0.05) is 6.07 Å². The molecule has 0 amide bonds.